The van der Waals surface area contributed by atoms with Crippen LogP contribution in [-0.2, 0) is 28.5 Å². The van der Waals surface area contributed by atoms with Crippen molar-refractivity contribution in [3.05, 3.63) is 102 Å². The number of fused-ring (bicyclic) bond motifs is 3. The molecule has 0 aliphatic heterocycles. The molecule has 0 bridgehead atoms. The van der Waals surface area contributed by atoms with Crippen LogP contribution in [0.5, 0.6) is 17.2 Å². The smallest absolute Gasteiger partial charge is 0.494 e. The Morgan fingerprint density at radius 2 is 1.19 bits per heavy atom. The van der Waals surface area contributed by atoms with E-state index in [-0.39, 0.29) is 49.4 Å². The zero-order valence-electron chi connectivity index (χ0n) is 29.4. The average Bonchev–Trinajstić information content (AvgIpc) is 3.41. The van der Waals surface area contributed by atoms with Crippen LogP contribution in [0.15, 0.2) is 85.2 Å². The summed E-state index contributed by atoms with van der Waals surface area (Å²) in [6, 6.07) is 17.5. The van der Waals surface area contributed by atoms with Crippen molar-refractivity contribution in [2.24, 2.45) is 0 Å². The lowest BCUT2D eigenvalue weighted by molar-refractivity contribution is -0.141. The number of ether oxygens (including phenoxy) is 7. The van der Waals surface area contributed by atoms with Gasteiger partial charge in [0.25, 0.3) is 0 Å². The standard InChI is InChI=1S/C40H43FO11/c1-26(25-46-4)37(42)48-21-9-10-22-50-40(45)52-31-14-12-30(13-15-31)51-39(44)29-11-17-33-34-18-16-32(24-36(34)27(2)35(33)23-29)47-19-7-5-6-8-20-49-38(43)28(3)41/h11-18,23-24,27H,1,3,5-10,19-22,25H2,2,4H3. The molecule has 11 nitrogen and oxygen atoms in total. The van der Waals surface area contributed by atoms with Gasteiger partial charge >= 0.3 is 24.1 Å². The molecule has 0 fully saturated rings. The molecule has 0 amide bonds. The maximum Gasteiger partial charge on any atom is 0.513 e. The third-order valence-electron chi connectivity index (χ3n) is 8.13. The van der Waals surface area contributed by atoms with Gasteiger partial charge in [0.1, 0.15) is 17.2 Å². The minimum absolute atomic E-state index is 0.0321. The fraction of sp³-hybridized carbons (Fsp3) is 0.350. The first-order valence-electron chi connectivity index (χ1n) is 17.0. The van der Waals surface area contributed by atoms with Crippen molar-refractivity contribution in [2.45, 2.75) is 51.4 Å². The van der Waals surface area contributed by atoms with E-state index < -0.39 is 29.9 Å². The first-order chi connectivity index (χ1) is 25.1. The van der Waals surface area contributed by atoms with Crippen LogP contribution in [0.3, 0.4) is 0 Å². The molecule has 52 heavy (non-hydrogen) atoms. The van der Waals surface area contributed by atoms with Gasteiger partial charge < -0.3 is 33.2 Å². The fourth-order valence-corrected chi connectivity index (χ4v) is 5.41. The van der Waals surface area contributed by atoms with Gasteiger partial charge in [-0.05, 0) is 109 Å². The van der Waals surface area contributed by atoms with Crippen LogP contribution in [0.1, 0.15) is 72.9 Å². The van der Waals surface area contributed by atoms with Gasteiger partial charge in [-0.2, -0.15) is 4.39 Å². The van der Waals surface area contributed by atoms with Crippen molar-refractivity contribution in [1.29, 1.82) is 0 Å². The maximum absolute atomic E-state index is 13.1. The zero-order valence-corrected chi connectivity index (χ0v) is 29.4. The van der Waals surface area contributed by atoms with E-state index in [9.17, 15) is 23.6 Å². The molecule has 0 spiro atoms. The normalized spacial score (nSPS) is 12.6. The summed E-state index contributed by atoms with van der Waals surface area (Å²) >= 11 is 0. The van der Waals surface area contributed by atoms with Gasteiger partial charge in [0, 0.05) is 13.0 Å². The molecule has 3 aromatic rings. The first kappa shape index (κ1) is 39.3. The number of hydrogen-bond donors (Lipinski definition) is 0. The topological polar surface area (TPSA) is 133 Å². The van der Waals surface area contributed by atoms with Crippen LogP contribution in [0.2, 0.25) is 0 Å². The summed E-state index contributed by atoms with van der Waals surface area (Å²) in [5.74, 6) is -1.88. The SMILES string of the molecule is C=C(F)C(=O)OCCCCCCOc1ccc2c(c1)C(C)c1cc(C(=O)Oc3ccc(OC(=O)OCCCCOC(=O)C(=C)COC)cc3)ccc1-2. The summed E-state index contributed by atoms with van der Waals surface area (Å²) in [7, 11) is 1.46. The second kappa shape index (κ2) is 19.8. The van der Waals surface area contributed by atoms with Gasteiger partial charge in [0.05, 0.1) is 44.2 Å². The summed E-state index contributed by atoms with van der Waals surface area (Å²) < 4.78 is 49.1. The quantitative estimate of drug-likeness (QED) is 0.0281. The van der Waals surface area contributed by atoms with E-state index in [0.29, 0.717) is 31.4 Å². The van der Waals surface area contributed by atoms with Gasteiger partial charge in [-0.1, -0.05) is 32.2 Å². The van der Waals surface area contributed by atoms with E-state index in [0.717, 1.165) is 47.3 Å². The lowest BCUT2D eigenvalue weighted by atomic mass is 9.98. The van der Waals surface area contributed by atoms with Crippen LogP contribution in [0.4, 0.5) is 9.18 Å². The molecule has 0 radical (unpaired) electrons. The first-order valence-corrected chi connectivity index (χ1v) is 17.0. The second-order valence-electron chi connectivity index (χ2n) is 12.0. The van der Waals surface area contributed by atoms with Crippen molar-refractivity contribution in [1.82, 2.24) is 0 Å². The highest BCUT2D eigenvalue weighted by Crippen LogP contribution is 2.46. The molecule has 276 valence electrons. The number of hydrogen-bond acceptors (Lipinski definition) is 11. The summed E-state index contributed by atoms with van der Waals surface area (Å²) in [5.41, 5.74) is 4.87. The summed E-state index contributed by atoms with van der Waals surface area (Å²) in [6.07, 6.45) is 3.23. The third kappa shape index (κ3) is 11.5. The van der Waals surface area contributed by atoms with Gasteiger partial charge in [-0.3, -0.25) is 0 Å². The average molecular weight is 719 g/mol. The molecule has 1 atom stereocenters. The van der Waals surface area contributed by atoms with E-state index in [1.54, 1.807) is 6.07 Å². The summed E-state index contributed by atoms with van der Waals surface area (Å²) in [4.78, 5) is 47.8. The Balaban J connectivity index is 1.18. The predicted molar refractivity (Wildman–Crippen MR) is 189 cm³/mol. The molecule has 0 heterocycles. The van der Waals surface area contributed by atoms with Crippen molar-refractivity contribution in [3.63, 3.8) is 0 Å². The van der Waals surface area contributed by atoms with Gasteiger partial charge in [0.2, 0.25) is 5.83 Å². The van der Waals surface area contributed by atoms with Gasteiger partial charge in [-0.25, -0.2) is 19.2 Å². The molecule has 1 aliphatic carbocycles. The van der Waals surface area contributed by atoms with Crippen LogP contribution >= 0.6 is 0 Å². The van der Waals surface area contributed by atoms with Crippen molar-refractivity contribution < 1.29 is 56.7 Å². The largest absolute Gasteiger partial charge is 0.513 e. The Morgan fingerprint density at radius 1 is 0.654 bits per heavy atom. The van der Waals surface area contributed by atoms with Gasteiger partial charge in [0.15, 0.2) is 0 Å². The number of carbonyl (C=O) groups is 4. The minimum atomic E-state index is -1.09. The minimum Gasteiger partial charge on any atom is -0.494 e. The van der Waals surface area contributed by atoms with E-state index >= 15 is 0 Å². The van der Waals surface area contributed by atoms with E-state index in [2.05, 4.69) is 20.1 Å². The van der Waals surface area contributed by atoms with E-state index in [4.69, 9.17) is 33.2 Å². The molecule has 0 saturated carbocycles. The van der Waals surface area contributed by atoms with Crippen molar-refractivity contribution >= 4 is 24.1 Å². The van der Waals surface area contributed by atoms with E-state index in [1.165, 1.54) is 31.4 Å². The Kier molecular flexibility index (Phi) is 15.0. The summed E-state index contributed by atoms with van der Waals surface area (Å²) in [6.45, 7) is 9.59. The molecule has 1 unspecified atom stereocenters. The number of methoxy groups -OCH3 is 1. The fourth-order valence-electron chi connectivity index (χ4n) is 5.41. The molecule has 0 saturated heterocycles. The lowest BCUT2D eigenvalue weighted by Crippen LogP contribution is -2.14. The lowest BCUT2D eigenvalue weighted by Gasteiger charge is -2.11. The van der Waals surface area contributed by atoms with E-state index in [1.807, 2.05) is 30.3 Å². The van der Waals surface area contributed by atoms with Crippen LogP contribution in [0, 0.1) is 0 Å². The third-order valence-corrected chi connectivity index (χ3v) is 8.13. The number of esters is 3. The van der Waals surface area contributed by atoms with Gasteiger partial charge in [-0.15, -0.1) is 0 Å². The molecule has 3 aromatic carbocycles. The number of carbonyl (C=O) groups excluding carboxylic acids is 4. The second-order valence-corrected chi connectivity index (χ2v) is 12.0. The highest BCUT2D eigenvalue weighted by atomic mass is 19.1. The number of unbranched alkanes of at least 4 members (excludes halogenated alkanes) is 4. The molecular weight excluding hydrogens is 675 g/mol. The number of rotatable bonds is 20. The number of halogens is 1. The Labute approximate surface area is 302 Å². The van der Waals surface area contributed by atoms with Crippen molar-refractivity contribution in [3.8, 4) is 28.4 Å². The molecule has 4 rings (SSSR count). The summed E-state index contributed by atoms with van der Waals surface area (Å²) in [5, 5.41) is 0. The number of benzene rings is 3. The molecular formula is C40H43FO11. The van der Waals surface area contributed by atoms with Crippen LogP contribution in [-0.4, -0.2) is 64.2 Å². The van der Waals surface area contributed by atoms with Crippen molar-refractivity contribution in [2.75, 3.05) is 40.1 Å². The zero-order chi connectivity index (χ0) is 37.5. The van der Waals surface area contributed by atoms with Crippen LogP contribution < -0.4 is 14.2 Å². The molecule has 12 heteroatoms. The molecule has 0 aromatic heterocycles. The Morgan fingerprint density at radius 3 is 1.85 bits per heavy atom. The predicted octanol–water partition coefficient (Wildman–Crippen LogP) is 8.05. The molecule has 1 aliphatic rings. The maximum atomic E-state index is 13.1. The van der Waals surface area contributed by atoms with Crippen LogP contribution in [0.25, 0.3) is 11.1 Å². The highest BCUT2D eigenvalue weighted by molar-refractivity contribution is 5.93. The molecule has 0 N–H and O–H groups in total. The Bertz CT molecular complexity index is 1750. The monoisotopic (exact) mass is 718 g/mol. The Hall–Kier alpha value is -5.49. The highest BCUT2D eigenvalue weighted by Gasteiger charge is 2.27.